The Balaban J connectivity index is 1.69. The van der Waals surface area contributed by atoms with E-state index in [-0.39, 0.29) is 5.91 Å². The molecule has 4 rings (SSSR count). The zero-order valence-electron chi connectivity index (χ0n) is 19.2. The van der Waals surface area contributed by atoms with Gasteiger partial charge in [0.1, 0.15) is 6.04 Å². The standard InChI is InChI=1S/C27H23ClN2O5/c1-34-24-13-18(15-29)20(14-25(24)35-2)16-7-9-17(10-8-16)26(31)30-22(11-12-23(30)27(32)33)19-5-3-4-6-21(19)28/h3-10,13-14,22-23H,11-12H2,1-2H3,(H,32,33)/t22-,23+/m1/s1. The van der Waals surface area contributed by atoms with Gasteiger partial charge in [-0.1, -0.05) is 41.9 Å². The number of methoxy groups -OCH3 is 2. The molecule has 0 radical (unpaired) electrons. The smallest absolute Gasteiger partial charge is 0.326 e. The molecule has 0 unspecified atom stereocenters. The van der Waals surface area contributed by atoms with E-state index in [1.54, 1.807) is 48.5 Å². The first-order valence-electron chi connectivity index (χ1n) is 11.0. The molecule has 3 aromatic carbocycles. The maximum atomic E-state index is 13.5. The van der Waals surface area contributed by atoms with Crippen molar-refractivity contribution in [1.29, 1.82) is 5.26 Å². The van der Waals surface area contributed by atoms with Crippen LogP contribution in [0.4, 0.5) is 0 Å². The van der Waals surface area contributed by atoms with E-state index in [9.17, 15) is 20.0 Å². The lowest BCUT2D eigenvalue weighted by Gasteiger charge is -2.29. The first-order chi connectivity index (χ1) is 16.9. The number of ether oxygens (including phenoxy) is 2. The Bertz CT molecular complexity index is 1320. The number of likely N-dealkylation sites (tertiary alicyclic amines) is 1. The van der Waals surface area contributed by atoms with Crippen LogP contribution in [0.15, 0.2) is 60.7 Å². The number of carbonyl (C=O) groups is 2. The van der Waals surface area contributed by atoms with Crippen LogP contribution in [0.5, 0.6) is 11.5 Å². The van der Waals surface area contributed by atoms with Crippen molar-refractivity contribution in [1.82, 2.24) is 4.90 Å². The number of nitrogens with zero attached hydrogens (tertiary/aromatic N) is 2. The van der Waals surface area contributed by atoms with E-state index in [1.165, 1.54) is 19.1 Å². The molecular weight excluding hydrogens is 468 g/mol. The number of hydrogen-bond donors (Lipinski definition) is 1. The van der Waals surface area contributed by atoms with Crippen molar-refractivity contribution in [3.8, 4) is 28.7 Å². The number of carbonyl (C=O) groups excluding carboxylic acids is 1. The van der Waals surface area contributed by atoms with Crippen molar-refractivity contribution in [3.63, 3.8) is 0 Å². The predicted molar refractivity (Wildman–Crippen MR) is 131 cm³/mol. The first kappa shape index (κ1) is 24.1. The Morgan fingerprint density at radius 1 is 1.03 bits per heavy atom. The highest BCUT2D eigenvalue weighted by atomic mass is 35.5. The van der Waals surface area contributed by atoms with Crippen LogP contribution in [-0.2, 0) is 4.79 Å². The van der Waals surface area contributed by atoms with Gasteiger partial charge in [-0.25, -0.2) is 4.79 Å². The first-order valence-corrected chi connectivity index (χ1v) is 11.3. The molecule has 178 valence electrons. The molecule has 35 heavy (non-hydrogen) atoms. The van der Waals surface area contributed by atoms with Gasteiger partial charge in [0.25, 0.3) is 5.91 Å². The molecule has 1 saturated heterocycles. The maximum absolute atomic E-state index is 13.5. The van der Waals surface area contributed by atoms with Crippen molar-refractivity contribution in [2.45, 2.75) is 24.9 Å². The summed E-state index contributed by atoms with van der Waals surface area (Å²) >= 11 is 6.38. The summed E-state index contributed by atoms with van der Waals surface area (Å²) in [5, 5.41) is 19.9. The van der Waals surface area contributed by atoms with Crippen LogP contribution in [0.25, 0.3) is 11.1 Å². The van der Waals surface area contributed by atoms with E-state index in [1.807, 2.05) is 12.1 Å². The maximum Gasteiger partial charge on any atom is 0.326 e. The number of rotatable bonds is 6. The molecule has 1 heterocycles. The van der Waals surface area contributed by atoms with Gasteiger partial charge in [-0.05, 0) is 48.2 Å². The molecule has 3 aromatic rings. The minimum Gasteiger partial charge on any atom is -0.493 e. The van der Waals surface area contributed by atoms with Crippen LogP contribution < -0.4 is 9.47 Å². The average Bonchev–Trinajstić information content (AvgIpc) is 3.33. The van der Waals surface area contributed by atoms with Crippen molar-refractivity contribution >= 4 is 23.5 Å². The summed E-state index contributed by atoms with van der Waals surface area (Å²) in [5.41, 5.74) is 2.80. The molecule has 0 aromatic heterocycles. The SMILES string of the molecule is COc1cc(C#N)c(-c2ccc(C(=O)N3[C@@H](c4ccccc4Cl)CC[C@H]3C(=O)O)cc2)cc1OC. The van der Waals surface area contributed by atoms with Gasteiger partial charge in [0, 0.05) is 22.2 Å². The fourth-order valence-electron chi connectivity index (χ4n) is 4.54. The van der Waals surface area contributed by atoms with Crippen molar-refractivity contribution in [2.75, 3.05) is 14.2 Å². The number of nitriles is 1. The second kappa shape index (κ2) is 10.1. The molecule has 0 aliphatic carbocycles. The topological polar surface area (TPSA) is 99.9 Å². The number of halogens is 1. The fourth-order valence-corrected chi connectivity index (χ4v) is 4.80. The number of hydrogen-bond acceptors (Lipinski definition) is 5. The van der Waals surface area contributed by atoms with Crippen molar-refractivity contribution in [3.05, 3.63) is 82.4 Å². The lowest BCUT2D eigenvalue weighted by atomic mass is 9.98. The number of aliphatic carboxylic acids is 1. The van der Waals surface area contributed by atoms with Crippen LogP contribution in [0, 0.1) is 11.3 Å². The highest BCUT2D eigenvalue weighted by Crippen LogP contribution is 2.40. The second-order valence-corrected chi connectivity index (χ2v) is 8.53. The molecular formula is C27H23ClN2O5. The Hall–Kier alpha value is -4.02. The largest absolute Gasteiger partial charge is 0.493 e. The van der Waals surface area contributed by atoms with E-state index in [0.29, 0.717) is 51.6 Å². The van der Waals surface area contributed by atoms with Crippen molar-refractivity contribution < 1.29 is 24.2 Å². The summed E-state index contributed by atoms with van der Waals surface area (Å²) in [6.45, 7) is 0. The molecule has 1 aliphatic heterocycles. The van der Waals surface area contributed by atoms with Gasteiger partial charge in [0.05, 0.1) is 31.9 Å². The quantitative estimate of drug-likeness (QED) is 0.501. The van der Waals surface area contributed by atoms with Crippen LogP contribution >= 0.6 is 11.6 Å². The summed E-state index contributed by atoms with van der Waals surface area (Å²) in [6, 6.07) is 18.0. The molecule has 1 fully saturated rings. The Morgan fingerprint density at radius 2 is 1.69 bits per heavy atom. The molecule has 0 spiro atoms. The van der Waals surface area contributed by atoms with Crippen LogP contribution in [0.1, 0.15) is 40.4 Å². The summed E-state index contributed by atoms with van der Waals surface area (Å²) < 4.78 is 10.6. The third kappa shape index (κ3) is 4.53. The highest BCUT2D eigenvalue weighted by Gasteiger charge is 2.42. The van der Waals surface area contributed by atoms with Gasteiger partial charge in [0.15, 0.2) is 11.5 Å². The fraction of sp³-hybridized carbons (Fsp3) is 0.222. The molecule has 1 amide bonds. The minimum atomic E-state index is -1.05. The second-order valence-electron chi connectivity index (χ2n) is 8.12. The van der Waals surface area contributed by atoms with Gasteiger partial charge in [0.2, 0.25) is 0 Å². The normalized spacial score (nSPS) is 17.0. The average molecular weight is 491 g/mol. The third-order valence-electron chi connectivity index (χ3n) is 6.26. The number of benzene rings is 3. The lowest BCUT2D eigenvalue weighted by Crippen LogP contribution is -2.41. The van der Waals surface area contributed by atoms with Crippen LogP contribution in [0.3, 0.4) is 0 Å². The highest BCUT2D eigenvalue weighted by molar-refractivity contribution is 6.31. The third-order valence-corrected chi connectivity index (χ3v) is 6.60. The summed E-state index contributed by atoms with van der Waals surface area (Å²) in [7, 11) is 3.01. The summed E-state index contributed by atoms with van der Waals surface area (Å²) in [5.74, 6) is -0.516. The van der Waals surface area contributed by atoms with Crippen LogP contribution in [-0.4, -0.2) is 42.1 Å². The summed E-state index contributed by atoms with van der Waals surface area (Å²) in [6.07, 6.45) is 0.841. The van der Waals surface area contributed by atoms with E-state index < -0.39 is 18.1 Å². The molecule has 8 heteroatoms. The van der Waals surface area contributed by atoms with Crippen LogP contribution in [0.2, 0.25) is 5.02 Å². The molecule has 7 nitrogen and oxygen atoms in total. The van der Waals surface area contributed by atoms with Gasteiger partial charge in [-0.2, -0.15) is 5.26 Å². The van der Waals surface area contributed by atoms with Gasteiger partial charge in [-0.15, -0.1) is 0 Å². The molecule has 1 aliphatic rings. The monoisotopic (exact) mass is 490 g/mol. The number of amides is 1. The van der Waals surface area contributed by atoms with E-state index in [0.717, 1.165) is 5.56 Å². The molecule has 1 N–H and O–H groups in total. The number of carboxylic acid groups (broad SMARTS) is 1. The Kier molecular flexibility index (Phi) is 6.94. The van der Waals surface area contributed by atoms with Gasteiger partial charge >= 0.3 is 5.97 Å². The minimum absolute atomic E-state index is 0.340. The Labute approximate surface area is 208 Å². The number of carboxylic acids is 1. The summed E-state index contributed by atoms with van der Waals surface area (Å²) in [4.78, 5) is 26.9. The molecule has 0 saturated carbocycles. The molecule has 0 bridgehead atoms. The molecule has 2 atom stereocenters. The zero-order valence-corrected chi connectivity index (χ0v) is 20.0. The van der Waals surface area contributed by atoms with Gasteiger partial charge < -0.3 is 19.5 Å². The zero-order chi connectivity index (χ0) is 25.1. The lowest BCUT2D eigenvalue weighted by molar-refractivity contribution is -0.141. The van der Waals surface area contributed by atoms with E-state index in [2.05, 4.69) is 6.07 Å². The Morgan fingerprint density at radius 3 is 2.29 bits per heavy atom. The van der Waals surface area contributed by atoms with Crippen molar-refractivity contribution in [2.24, 2.45) is 0 Å². The van der Waals surface area contributed by atoms with E-state index >= 15 is 0 Å². The van der Waals surface area contributed by atoms with Gasteiger partial charge in [-0.3, -0.25) is 4.79 Å². The van der Waals surface area contributed by atoms with E-state index in [4.69, 9.17) is 21.1 Å². The predicted octanol–water partition coefficient (Wildman–Crippen LogP) is 5.33.